The molecule has 0 fully saturated rings. The molecular weight excluding hydrogens is 254 g/mol. The van der Waals surface area contributed by atoms with Gasteiger partial charge in [0, 0.05) is 4.98 Å². The fourth-order valence-electron chi connectivity index (χ4n) is 1.46. The van der Waals surface area contributed by atoms with Crippen molar-refractivity contribution >= 4 is 15.9 Å². The molecule has 0 saturated heterocycles. The van der Waals surface area contributed by atoms with E-state index in [0.29, 0.717) is 0 Å². The maximum atomic E-state index is 10.9. The molecule has 1 unspecified atom stereocenters. The van der Waals surface area contributed by atoms with E-state index < -0.39 is 21.1 Å². The quantitative estimate of drug-likeness (QED) is 0.411. The molecule has 9 nitrogen and oxygen atoms in total. The number of hydrogen-bond acceptors (Lipinski definition) is 7. The SMILES string of the molecule is CS(=O)(=O)OC1COc2nc([N+](=O)[O-])cn2C1. The molecule has 2 heterocycles. The summed E-state index contributed by atoms with van der Waals surface area (Å²) in [6.07, 6.45) is 1.40. The molecule has 0 amide bonds. The van der Waals surface area contributed by atoms with E-state index in [1.165, 1.54) is 10.8 Å². The standard InChI is InChI=1S/C7H9N3O6S/c1-17(13,14)16-5-2-9-3-6(10(11)12)8-7(9)15-4-5/h3,5H,2,4H2,1H3. The number of hydrogen-bond donors (Lipinski definition) is 0. The van der Waals surface area contributed by atoms with Crippen molar-refractivity contribution < 1.29 is 22.3 Å². The predicted octanol–water partition coefficient (Wildman–Crippen LogP) is -0.472. The fraction of sp³-hybridized carbons (Fsp3) is 0.571. The van der Waals surface area contributed by atoms with Crippen LogP contribution >= 0.6 is 0 Å². The van der Waals surface area contributed by atoms with Crippen molar-refractivity contribution in [2.24, 2.45) is 0 Å². The van der Waals surface area contributed by atoms with E-state index in [-0.39, 0.29) is 25.0 Å². The lowest BCUT2D eigenvalue weighted by molar-refractivity contribution is -0.389. The zero-order valence-electron chi connectivity index (χ0n) is 8.77. The second-order valence-corrected chi connectivity index (χ2v) is 5.13. The number of ether oxygens (including phenoxy) is 1. The number of nitro groups is 1. The lowest BCUT2D eigenvalue weighted by Gasteiger charge is -2.20. The van der Waals surface area contributed by atoms with Gasteiger partial charge in [0.1, 0.15) is 18.9 Å². The normalized spacial score (nSPS) is 19.5. The third-order valence-corrected chi connectivity index (χ3v) is 2.65. The molecule has 2 rings (SSSR count). The smallest absolute Gasteiger partial charge is 0.414 e. The number of imidazole rings is 1. The molecule has 0 radical (unpaired) electrons. The molecule has 1 aliphatic heterocycles. The average molecular weight is 263 g/mol. The highest BCUT2D eigenvalue weighted by Gasteiger charge is 2.29. The van der Waals surface area contributed by atoms with Gasteiger partial charge in [-0.25, -0.2) is 0 Å². The Morgan fingerprint density at radius 2 is 2.41 bits per heavy atom. The van der Waals surface area contributed by atoms with Crippen LogP contribution in [0.25, 0.3) is 0 Å². The van der Waals surface area contributed by atoms with Crippen molar-refractivity contribution in [1.29, 1.82) is 0 Å². The van der Waals surface area contributed by atoms with Crippen LogP contribution in [-0.4, -0.2) is 41.9 Å². The predicted molar refractivity (Wildman–Crippen MR) is 54.1 cm³/mol. The number of aromatic nitrogens is 2. The summed E-state index contributed by atoms with van der Waals surface area (Å²) in [5, 5.41) is 10.5. The summed E-state index contributed by atoms with van der Waals surface area (Å²) < 4.78 is 33.0. The van der Waals surface area contributed by atoms with Crippen molar-refractivity contribution in [2.45, 2.75) is 12.6 Å². The van der Waals surface area contributed by atoms with E-state index in [1.807, 2.05) is 0 Å². The van der Waals surface area contributed by atoms with Gasteiger partial charge in [0.05, 0.1) is 12.8 Å². The number of nitrogens with zero attached hydrogens (tertiary/aromatic N) is 3. The second kappa shape index (κ2) is 3.96. The molecular formula is C7H9N3O6S. The molecule has 1 aromatic rings. The Hall–Kier alpha value is -1.68. The molecule has 1 aromatic heterocycles. The van der Waals surface area contributed by atoms with Crippen LogP contribution in [0.1, 0.15) is 0 Å². The van der Waals surface area contributed by atoms with Gasteiger partial charge in [-0.2, -0.15) is 8.42 Å². The zero-order valence-corrected chi connectivity index (χ0v) is 9.58. The van der Waals surface area contributed by atoms with Gasteiger partial charge in [-0.1, -0.05) is 0 Å². The van der Waals surface area contributed by atoms with Gasteiger partial charge in [-0.3, -0.25) is 8.75 Å². The Morgan fingerprint density at radius 3 is 3.00 bits per heavy atom. The van der Waals surface area contributed by atoms with E-state index >= 15 is 0 Å². The summed E-state index contributed by atoms with van der Waals surface area (Å²) in [6, 6.07) is 0.0880. The summed E-state index contributed by atoms with van der Waals surface area (Å²) >= 11 is 0. The third kappa shape index (κ3) is 2.71. The molecule has 0 aliphatic carbocycles. The van der Waals surface area contributed by atoms with Gasteiger partial charge in [0.15, 0.2) is 0 Å². The van der Waals surface area contributed by atoms with Gasteiger partial charge < -0.3 is 14.9 Å². The number of rotatable bonds is 3. The summed E-state index contributed by atoms with van der Waals surface area (Å²) in [4.78, 5) is 13.4. The molecule has 94 valence electrons. The molecule has 1 aliphatic rings. The minimum Gasteiger partial charge on any atom is -0.443 e. The lowest BCUT2D eigenvalue weighted by Crippen LogP contribution is -2.33. The maximum absolute atomic E-state index is 10.9. The van der Waals surface area contributed by atoms with Crippen LogP contribution in [0.5, 0.6) is 6.01 Å². The van der Waals surface area contributed by atoms with Gasteiger partial charge in [0.2, 0.25) is 0 Å². The largest absolute Gasteiger partial charge is 0.443 e. The van der Waals surface area contributed by atoms with Crippen LogP contribution in [0, 0.1) is 10.1 Å². The molecule has 17 heavy (non-hydrogen) atoms. The highest BCUT2D eigenvalue weighted by molar-refractivity contribution is 7.86. The van der Waals surface area contributed by atoms with E-state index in [4.69, 9.17) is 8.92 Å². The van der Waals surface area contributed by atoms with E-state index in [2.05, 4.69) is 4.98 Å². The van der Waals surface area contributed by atoms with Gasteiger partial charge >= 0.3 is 11.8 Å². The van der Waals surface area contributed by atoms with Gasteiger partial charge in [-0.15, -0.1) is 0 Å². The summed E-state index contributed by atoms with van der Waals surface area (Å²) in [7, 11) is -3.58. The Kier molecular flexibility index (Phi) is 2.75. The molecule has 10 heteroatoms. The van der Waals surface area contributed by atoms with Crippen LogP contribution in [0.15, 0.2) is 6.20 Å². The molecule has 0 bridgehead atoms. The average Bonchev–Trinajstić information content (AvgIpc) is 2.57. The highest BCUT2D eigenvalue weighted by Crippen LogP contribution is 2.22. The van der Waals surface area contributed by atoms with Crippen LogP contribution in [-0.2, 0) is 20.8 Å². The first-order chi connectivity index (χ1) is 7.85. The monoisotopic (exact) mass is 263 g/mol. The fourth-order valence-corrected chi connectivity index (χ4v) is 2.08. The third-order valence-electron chi connectivity index (χ3n) is 2.02. The first kappa shape index (κ1) is 11.8. The van der Waals surface area contributed by atoms with Crippen LogP contribution in [0.3, 0.4) is 0 Å². The van der Waals surface area contributed by atoms with Gasteiger partial charge in [0.25, 0.3) is 10.1 Å². The van der Waals surface area contributed by atoms with Crippen molar-refractivity contribution in [2.75, 3.05) is 12.9 Å². The molecule has 1 atom stereocenters. The van der Waals surface area contributed by atoms with Crippen molar-refractivity contribution in [3.8, 4) is 6.01 Å². The molecule has 0 N–H and O–H groups in total. The zero-order chi connectivity index (χ0) is 12.6. The van der Waals surface area contributed by atoms with Crippen molar-refractivity contribution in [1.82, 2.24) is 9.55 Å². The first-order valence-corrected chi connectivity index (χ1v) is 6.39. The van der Waals surface area contributed by atoms with Crippen LogP contribution < -0.4 is 4.74 Å². The highest BCUT2D eigenvalue weighted by atomic mass is 32.2. The molecule has 0 saturated carbocycles. The topological polar surface area (TPSA) is 114 Å². The lowest BCUT2D eigenvalue weighted by atomic mass is 10.3. The summed E-state index contributed by atoms with van der Waals surface area (Å²) in [5.41, 5.74) is 0. The molecule has 0 spiro atoms. The number of fused-ring (bicyclic) bond motifs is 1. The summed E-state index contributed by atoms with van der Waals surface area (Å²) in [5.74, 6) is -0.347. The summed E-state index contributed by atoms with van der Waals surface area (Å²) in [6.45, 7) is 0.129. The van der Waals surface area contributed by atoms with Crippen LogP contribution in [0.4, 0.5) is 5.82 Å². The molecule has 0 aromatic carbocycles. The van der Waals surface area contributed by atoms with E-state index in [1.54, 1.807) is 0 Å². The first-order valence-electron chi connectivity index (χ1n) is 4.58. The van der Waals surface area contributed by atoms with Crippen LogP contribution in [0.2, 0.25) is 0 Å². The minimum atomic E-state index is -3.58. The maximum Gasteiger partial charge on any atom is 0.414 e. The van der Waals surface area contributed by atoms with E-state index in [0.717, 1.165) is 6.26 Å². The van der Waals surface area contributed by atoms with Crippen molar-refractivity contribution in [3.63, 3.8) is 0 Å². The van der Waals surface area contributed by atoms with E-state index in [9.17, 15) is 18.5 Å². The Labute approximate surface area is 96.2 Å². The minimum absolute atomic E-state index is 0.0127. The second-order valence-electron chi connectivity index (χ2n) is 3.52. The Bertz CT molecular complexity index is 550. The van der Waals surface area contributed by atoms with Crippen molar-refractivity contribution in [3.05, 3.63) is 16.3 Å². The Balaban J connectivity index is 2.16. The van der Waals surface area contributed by atoms with Gasteiger partial charge in [-0.05, 0) is 4.92 Å². The Morgan fingerprint density at radius 1 is 1.71 bits per heavy atom.